The summed E-state index contributed by atoms with van der Waals surface area (Å²) in [6.45, 7) is 2.03. The van der Waals surface area contributed by atoms with E-state index in [0.717, 1.165) is 24.8 Å². The quantitative estimate of drug-likeness (QED) is 0.826. The number of rotatable bonds is 5. The summed E-state index contributed by atoms with van der Waals surface area (Å²) >= 11 is 5.35. The van der Waals surface area contributed by atoms with Gasteiger partial charge in [-0.2, -0.15) is 0 Å². The number of hydrogen-bond donors (Lipinski definition) is 1. The van der Waals surface area contributed by atoms with Crippen molar-refractivity contribution in [2.75, 3.05) is 5.73 Å². The molecule has 0 amide bonds. The fourth-order valence-electron chi connectivity index (χ4n) is 2.32. The molecule has 1 fully saturated rings. The molecule has 1 aromatic carbocycles. The van der Waals surface area contributed by atoms with Crippen LogP contribution in [0.15, 0.2) is 40.2 Å². The summed E-state index contributed by atoms with van der Waals surface area (Å²) in [6, 6.07) is 11.2. The summed E-state index contributed by atoms with van der Waals surface area (Å²) in [5, 5.41) is 2.15. The van der Waals surface area contributed by atoms with E-state index < -0.39 is 0 Å². The van der Waals surface area contributed by atoms with Gasteiger partial charge in [-0.25, -0.2) is 0 Å². The Labute approximate surface area is 126 Å². The molecule has 0 spiro atoms. The molecule has 0 radical (unpaired) electrons. The van der Waals surface area contributed by atoms with E-state index in [1.807, 2.05) is 23.5 Å². The number of benzene rings is 1. The molecule has 1 heterocycles. The van der Waals surface area contributed by atoms with Gasteiger partial charge in [-0.15, -0.1) is 11.3 Å². The Bertz CT molecular complexity index is 563. The van der Waals surface area contributed by atoms with Gasteiger partial charge in [0, 0.05) is 39.5 Å². The van der Waals surface area contributed by atoms with E-state index in [0.29, 0.717) is 0 Å². The minimum atomic E-state index is 0.752. The molecule has 1 aliphatic rings. The number of nitrogens with two attached hydrogens (primary N) is 1. The highest BCUT2D eigenvalue weighted by Crippen LogP contribution is 2.31. The zero-order chi connectivity index (χ0) is 13.2. The smallest absolute Gasteiger partial charge is 0.0334 e. The first-order chi connectivity index (χ1) is 9.20. The van der Waals surface area contributed by atoms with E-state index in [-0.39, 0.29) is 0 Å². The molecule has 2 nitrogen and oxygen atoms in total. The third kappa shape index (κ3) is 3.59. The van der Waals surface area contributed by atoms with Gasteiger partial charge in [0.25, 0.3) is 0 Å². The molecule has 0 unspecified atom stereocenters. The number of nitrogen functional groups attached to an aromatic ring is 1. The Kier molecular flexibility index (Phi) is 3.91. The minimum Gasteiger partial charge on any atom is -0.399 e. The summed E-state index contributed by atoms with van der Waals surface area (Å²) in [4.78, 5) is 3.98. The lowest BCUT2D eigenvalue weighted by Crippen LogP contribution is -2.24. The molecule has 100 valence electrons. The van der Waals surface area contributed by atoms with Gasteiger partial charge in [-0.1, -0.05) is 12.1 Å². The predicted octanol–water partition coefficient (Wildman–Crippen LogP) is 4.26. The van der Waals surface area contributed by atoms with Crippen molar-refractivity contribution in [3.05, 3.63) is 50.6 Å². The predicted molar refractivity (Wildman–Crippen MR) is 85.1 cm³/mol. The number of halogens is 1. The third-order valence-corrected chi connectivity index (χ3v) is 5.06. The standard InChI is InChI=1S/C15H17BrN2S/c16-12-7-15(19-10-12)9-18(14-4-5-14)8-11-2-1-3-13(17)6-11/h1-3,6-7,10,14H,4-5,8-9,17H2. The molecular weight excluding hydrogens is 320 g/mol. The largest absolute Gasteiger partial charge is 0.399 e. The molecule has 0 atom stereocenters. The lowest BCUT2D eigenvalue weighted by Gasteiger charge is -2.21. The van der Waals surface area contributed by atoms with Crippen molar-refractivity contribution >= 4 is 33.0 Å². The molecule has 1 saturated carbocycles. The number of anilines is 1. The number of nitrogens with zero attached hydrogens (tertiary/aromatic N) is 1. The fourth-order valence-corrected chi connectivity index (χ4v) is 3.79. The van der Waals surface area contributed by atoms with Crippen molar-refractivity contribution in [3.8, 4) is 0 Å². The summed E-state index contributed by atoms with van der Waals surface area (Å²) < 4.78 is 1.19. The second-order valence-electron chi connectivity index (χ2n) is 5.11. The summed E-state index contributed by atoms with van der Waals surface area (Å²) in [6.07, 6.45) is 2.66. The molecule has 19 heavy (non-hydrogen) atoms. The minimum absolute atomic E-state index is 0.752. The van der Waals surface area contributed by atoms with Crippen molar-refractivity contribution in [3.63, 3.8) is 0 Å². The number of hydrogen-bond acceptors (Lipinski definition) is 3. The summed E-state index contributed by atoms with van der Waals surface area (Å²) in [5.41, 5.74) is 8.02. The average molecular weight is 337 g/mol. The maximum Gasteiger partial charge on any atom is 0.0334 e. The van der Waals surface area contributed by atoms with E-state index >= 15 is 0 Å². The topological polar surface area (TPSA) is 29.3 Å². The summed E-state index contributed by atoms with van der Waals surface area (Å²) in [7, 11) is 0. The molecule has 2 N–H and O–H groups in total. The van der Waals surface area contributed by atoms with E-state index in [1.54, 1.807) is 0 Å². The van der Waals surface area contributed by atoms with Crippen molar-refractivity contribution < 1.29 is 0 Å². The second-order valence-corrected chi connectivity index (χ2v) is 7.02. The van der Waals surface area contributed by atoms with Crippen LogP contribution in [0.1, 0.15) is 23.3 Å². The first-order valence-electron chi connectivity index (χ1n) is 6.52. The van der Waals surface area contributed by atoms with Crippen LogP contribution in [0.25, 0.3) is 0 Å². The molecule has 2 aromatic rings. The zero-order valence-electron chi connectivity index (χ0n) is 10.7. The summed E-state index contributed by atoms with van der Waals surface area (Å²) in [5.74, 6) is 0. The molecule has 3 rings (SSSR count). The highest BCUT2D eigenvalue weighted by Gasteiger charge is 2.29. The fraction of sp³-hybridized carbons (Fsp3) is 0.333. The molecular formula is C15H17BrN2S. The van der Waals surface area contributed by atoms with Crippen molar-refractivity contribution in [2.45, 2.75) is 32.0 Å². The van der Waals surface area contributed by atoms with Crippen LogP contribution in [0.4, 0.5) is 5.69 Å². The van der Waals surface area contributed by atoms with Crippen LogP contribution in [-0.4, -0.2) is 10.9 Å². The molecule has 0 aliphatic heterocycles. The lowest BCUT2D eigenvalue weighted by atomic mass is 10.2. The van der Waals surface area contributed by atoms with E-state index in [9.17, 15) is 0 Å². The van der Waals surface area contributed by atoms with Gasteiger partial charge < -0.3 is 5.73 Å². The van der Waals surface area contributed by atoms with Crippen LogP contribution in [0.2, 0.25) is 0 Å². The van der Waals surface area contributed by atoms with Crippen molar-refractivity contribution in [1.82, 2.24) is 4.90 Å². The van der Waals surface area contributed by atoms with Crippen LogP contribution >= 0.6 is 27.3 Å². The van der Waals surface area contributed by atoms with Gasteiger partial charge in [0.15, 0.2) is 0 Å². The second kappa shape index (κ2) is 5.65. The van der Waals surface area contributed by atoms with Crippen LogP contribution in [0.3, 0.4) is 0 Å². The van der Waals surface area contributed by atoms with E-state index in [1.165, 1.54) is 27.8 Å². The SMILES string of the molecule is Nc1cccc(CN(Cc2cc(Br)cs2)C2CC2)c1. The van der Waals surface area contributed by atoms with Crippen LogP contribution in [0, 0.1) is 0 Å². The van der Waals surface area contributed by atoms with Gasteiger partial charge in [-0.05, 0) is 52.5 Å². The first kappa shape index (κ1) is 13.2. The Morgan fingerprint density at radius 3 is 2.74 bits per heavy atom. The van der Waals surface area contributed by atoms with E-state index in [2.05, 4.69) is 44.4 Å². The van der Waals surface area contributed by atoms with Gasteiger partial charge in [0.2, 0.25) is 0 Å². The zero-order valence-corrected chi connectivity index (χ0v) is 13.1. The maximum atomic E-state index is 5.86. The van der Waals surface area contributed by atoms with E-state index in [4.69, 9.17) is 5.73 Å². The van der Waals surface area contributed by atoms with Gasteiger partial charge in [0.05, 0.1) is 0 Å². The van der Waals surface area contributed by atoms with Crippen molar-refractivity contribution in [2.24, 2.45) is 0 Å². The van der Waals surface area contributed by atoms with Gasteiger partial charge in [0.1, 0.15) is 0 Å². The van der Waals surface area contributed by atoms with Gasteiger partial charge in [-0.3, -0.25) is 4.90 Å². The first-order valence-corrected chi connectivity index (χ1v) is 8.19. The highest BCUT2D eigenvalue weighted by molar-refractivity contribution is 9.10. The molecule has 1 aromatic heterocycles. The van der Waals surface area contributed by atoms with Crippen molar-refractivity contribution in [1.29, 1.82) is 0 Å². The normalized spacial score (nSPS) is 15.1. The molecule has 1 aliphatic carbocycles. The van der Waals surface area contributed by atoms with Crippen LogP contribution in [-0.2, 0) is 13.1 Å². The number of thiophene rings is 1. The van der Waals surface area contributed by atoms with Crippen LogP contribution in [0.5, 0.6) is 0 Å². The molecule has 4 heteroatoms. The van der Waals surface area contributed by atoms with Gasteiger partial charge >= 0.3 is 0 Å². The highest BCUT2D eigenvalue weighted by atomic mass is 79.9. The third-order valence-electron chi connectivity index (χ3n) is 3.38. The Morgan fingerprint density at radius 1 is 1.26 bits per heavy atom. The molecule has 0 saturated heterocycles. The van der Waals surface area contributed by atoms with Crippen LogP contribution < -0.4 is 5.73 Å². The monoisotopic (exact) mass is 336 g/mol. The Morgan fingerprint density at radius 2 is 2.11 bits per heavy atom. The molecule has 0 bridgehead atoms. The lowest BCUT2D eigenvalue weighted by molar-refractivity contribution is 0.248. The maximum absolute atomic E-state index is 5.86. The average Bonchev–Trinajstić information content (AvgIpc) is 3.13. The Balaban J connectivity index is 1.71. The Hall–Kier alpha value is -0.840.